The zero-order valence-electron chi connectivity index (χ0n) is 11.7. The number of amides is 1. The van der Waals surface area contributed by atoms with Gasteiger partial charge in [0.25, 0.3) is 11.9 Å². The van der Waals surface area contributed by atoms with Gasteiger partial charge in [-0.05, 0) is 29.8 Å². The summed E-state index contributed by atoms with van der Waals surface area (Å²) in [5, 5.41) is 14.7. The summed E-state index contributed by atoms with van der Waals surface area (Å²) >= 11 is 11.9. The van der Waals surface area contributed by atoms with Crippen molar-refractivity contribution in [2.24, 2.45) is 0 Å². The number of ether oxygens (including phenoxy) is 1. The van der Waals surface area contributed by atoms with Gasteiger partial charge < -0.3 is 4.74 Å². The fourth-order valence-corrected chi connectivity index (χ4v) is 2.31. The summed E-state index contributed by atoms with van der Waals surface area (Å²) in [6.07, 6.45) is 1.61. The minimum Gasteiger partial charge on any atom is -0.482 e. The number of aromatic nitrogens is 4. The van der Waals surface area contributed by atoms with E-state index in [0.29, 0.717) is 22.3 Å². The molecule has 116 valence electrons. The third kappa shape index (κ3) is 4.19. The second-order valence-electron chi connectivity index (χ2n) is 4.33. The number of aryl methyl sites for hydroxylation is 1. The van der Waals surface area contributed by atoms with E-state index in [9.17, 15) is 4.79 Å². The van der Waals surface area contributed by atoms with Crippen LogP contribution in [0, 0.1) is 6.92 Å². The van der Waals surface area contributed by atoms with Gasteiger partial charge in [-0.2, -0.15) is 4.80 Å². The molecule has 2 rings (SSSR count). The normalized spacial score (nSPS) is 10.3. The molecule has 0 aliphatic carbocycles. The van der Waals surface area contributed by atoms with E-state index in [0.717, 1.165) is 5.56 Å². The molecule has 2 aromatic rings. The van der Waals surface area contributed by atoms with Gasteiger partial charge in [-0.25, -0.2) is 0 Å². The Bertz CT molecular complexity index is 678. The molecule has 1 heterocycles. The Kier molecular flexibility index (Phi) is 5.35. The topological polar surface area (TPSA) is 81.9 Å². The molecular weight excluding hydrogens is 329 g/mol. The van der Waals surface area contributed by atoms with Gasteiger partial charge in [-0.3, -0.25) is 10.1 Å². The highest BCUT2D eigenvalue weighted by Gasteiger charge is 2.12. The van der Waals surface area contributed by atoms with Crippen LogP contribution in [-0.4, -0.2) is 32.7 Å². The molecule has 0 spiro atoms. The summed E-state index contributed by atoms with van der Waals surface area (Å²) in [6, 6.07) is 3.24. The first-order chi connectivity index (χ1) is 10.5. The number of hydrogen-bond acceptors (Lipinski definition) is 5. The van der Waals surface area contributed by atoms with Crippen molar-refractivity contribution in [3.63, 3.8) is 0 Å². The third-order valence-electron chi connectivity index (χ3n) is 2.54. The number of allylic oxidation sites excluding steroid dienone is 1. The first-order valence-corrected chi connectivity index (χ1v) is 7.02. The van der Waals surface area contributed by atoms with Gasteiger partial charge in [0.05, 0.1) is 11.6 Å². The minimum absolute atomic E-state index is 0.0920. The molecule has 1 N–H and O–H groups in total. The van der Waals surface area contributed by atoms with Crippen molar-refractivity contribution in [3.05, 3.63) is 40.4 Å². The van der Waals surface area contributed by atoms with Crippen LogP contribution in [0.3, 0.4) is 0 Å². The van der Waals surface area contributed by atoms with E-state index in [2.05, 4.69) is 27.3 Å². The summed E-state index contributed by atoms with van der Waals surface area (Å²) < 4.78 is 5.41. The predicted molar refractivity (Wildman–Crippen MR) is 83.3 cm³/mol. The van der Waals surface area contributed by atoms with Gasteiger partial charge in [0.2, 0.25) is 0 Å². The Morgan fingerprint density at radius 1 is 1.50 bits per heavy atom. The number of benzene rings is 1. The highest BCUT2D eigenvalue weighted by atomic mass is 35.5. The molecule has 0 aliphatic heterocycles. The predicted octanol–water partition coefficient (Wildman–Crippen LogP) is 2.49. The number of anilines is 1. The lowest BCUT2D eigenvalue weighted by Gasteiger charge is -2.10. The Labute approximate surface area is 136 Å². The fourth-order valence-electron chi connectivity index (χ4n) is 1.66. The maximum atomic E-state index is 11.8. The summed E-state index contributed by atoms with van der Waals surface area (Å²) in [4.78, 5) is 13.1. The summed E-state index contributed by atoms with van der Waals surface area (Å²) in [7, 11) is 0. The standard InChI is InChI=1S/C13H13Cl2N5O2/c1-3-4-20-18-13(17-19-20)16-11(21)7-22-12-8(2)5-9(14)6-10(12)15/h3,5-6H,1,4,7H2,2H3,(H,16,18,21). The van der Waals surface area contributed by atoms with E-state index in [-0.39, 0.29) is 12.6 Å². The van der Waals surface area contributed by atoms with Crippen molar-refractivity contribution in [2.45, 2.75) is 13.5 Å². The molecule has 0 aliphatic rings. The highest BCUT2D eigenvalue weighted by Crippen LogP contribution is 2.31. The monoisotopic (exact) mass is 341 g/mol. The van der Waals surface area contributed by atoms with Gasteiger partial charge in [-0.15, -0.1) is 11.7 Å². The van der Waals surface area contributed by atoms with Gasteiger partial charge in [0, 0.05) is 5.02 Å². The molecule has 0 saturated carbocycles. The first-order valence-electron chi connectivity index (χ1n) is 6.26. The minimum atomic E-state index is -0.427. The number of carbonyl (C=O) groups is 1. The smallest absolute Gasteiger partial charge is 0.270 e. The Morgan fingerprint density at radius 2 is 2.27 bits per heavy atom. The number of rotatable bonds is 6. The van der Waals surface area contributed by atoms with E-state index >= 15 is 0 Å². The van der Waals surface area contributed by atoms with Crippen LogP contribution in [0.1, 0.15) is 5.56 Å². The van der Waals surface area contributed by atoms with Gasteiger partial charge >= 0.3 is 0 Å². The lowest BCUT2D eigenvalue weighted by atomic mass is 10.2. The number of nitrogens with one attached hydrogen (secondary N) is 1. The van der Waals surface area contributed by atoms with Crippen molar-refractivity contribution in [1.82, 2.24) is 20.2 Å². The first kappa shape index (κ1) is 16.3. The zero-order valence-corrected chi connectivity index (χ0v) is 13.2. The molecule has 0 bridgehead atoms. The average Bonchev–Trinajstić information content (AvgIpc) is 2.85. The van der Waals surface area contributed by atoms with Crippen LogP contribution in [-0.2, 0) is 11.3 Å². The van der Waals surface area contributed by atoms with E-state index < -0.39 is 5.91 Å². The number of hydrogen-bond donors (Lipinski definition) is 1. The summed E-state index contributed by atoms with van der Waals surface area (Å²) in [5.74, 6) is 0.0717. The Morgan fingerprint density at radius 3 is 2.95 bits per heavy atom. The summed E-state index contributed by atoms with van der Waals surface area (Å²) in [6.45, 7) is 5.50. The zero-order chi connectivity index (χ0) is 16.1. The van der Waals surface area contributed by atoms with E-state index in [4.69, 9.17) is 27.9 Å². The third-order valence-corrected chi connectivity index (χ3v) is 3.04. The number of carbonyl (C=O) groups excluding carboxylic acids is 1. The van der Waals surface area contributed by atoms with Crippen molar-refractivity contribution >= 4 is 35.1 Å². The van der Waals surface area contributed by atoms with Crippen LogP contribution in [0.15, 0.2) is 24.8 Å². The number of halogens is 2. The van der Waals surface area contributed by atoms with Crippen LogP contribution in [0.5, 0.6) is 5.75 Å². The fraction of sp³-hybridized carbons (Fsp3) is 0.231. The molecule has 0 saturated heterocycles. The van der Waals surface area contributed by atoms with Crippen molar-refractivity contribution in [1.29, 1.82) is 0 Å². The van der Waals surface area contributed by atoms with Crippen molar-refractivity contribution in [3.8, 4) is 5.75 Å². The van der Waals surface area contributed by atoms with Crippen LogP contribution >= 0.6 is 23.2 Å². The molecule has 22 heavy (non-hydrogen) atoms. The molecule has 0 atom stereocenters. The Balaban J connectivity index is 1.94. The number of nitrogens with zero attached hydrogens (tertiary/aromatic N) is 4. The largest absolute Gasteiger partial charge is 0.482 e. The van der Waals surface area contributed by atoms with Gasteiger partial charge in [0.15, 0.2) is 6.61 Å². The average molecular weight is 342 g/mol. The molecule has 0 unspecified atom stereocenters. The molecule has 1 aromatic heterocycles. The van der Waals surface area contributed by atoms with Gasteiger partial charge in [-0.1, -0.05) is 34.4 Å². The van der Waals surface area contributed by atoms with Crippen LogP contribution in [0.4, 0.5) is 5.95 Å². The SMILES string of the molecule is C=CCn1nnc(NC(=O)COc2c(C)cc(Cl)cc2Cl)n1. The molecule has 0 fully saturated rings. The van der Waals surface area contributed by atoms with Crippen molar-refractivity contribution < 1.29 is 9.53 Å². The van der Waals surface area contributed by atoms with E-state index in [1.165, 1.54) is 4.80 Å². The molecule has 1 aromatic carbocycles. The van der Waals surface area contributed by atoms with E-state index in [1.807, 2.05) is 0 Å². The molecule has 9 heteroatoms. The van der Waals surface area contributed by atoms with Crippen LogP contribution in [0.25, 0.3) is 0 Å². The second kappa shape index (κ2) is 7.24. The van der Waals surface area contributed by atoms with E-state index in [1.54, 1.807) is 25.1 Å². The van der Waals surface area contributed by atoms with Crippen LogP contribution in [0.2, 0.25) is 10.0 Å². The molecule has 1 amide bonds. The lowest BCUT2D eigenvalue weighted by Crippen LogP contribution is -2.21. The molecular formula is C13H13Cl2N5O2. The maximum Gasteiger partial charge on any atom is 0.270 e. The van der Waals surface area contributed by atoms with Gasteiger partial charge in [0.1, 0.15) is 5.75 Å². The molecule has 0 radical (unpaired) electrons. The summed E-state index contributed by atoms with van der Waals surface area (Å²) in [5.41, 5.74) is 0.736. The highest BCUT2D eigenvalue weighted by molar-refractivity contribution is 6.35. The van der Waals surface area contributed by atoms with Crippen molar-refractivity contribution in [2.75, 3.05) is 11.9 Å². The second-order valence-corrected chi connectivity index (χ2v) is 5.17. The molecule has 7 nitrogen and oxygen atoms in total. The lowest BCUT2D eigenvalue weighted by molar-refractivity contribution is -0.118. The maximum absolute atomic E-state index is 11.8. The quantitative estimate of drug-likeness (QED) is 0.816. The van der Waals surface area contributed by atoms with Crippen LogP contribution < -0.4 is 10.1 Å². The Hall–Kier alpha value is -2.12. The number of tetrazole rings is 1.